The summed E-state index contributed by atoms with van der Waals surface area (Å²) >= 11 is 0. The Labute approximate surface area is 144 Å². The second kappa shape index (κ2) is 7.04. The van der Waals surface area contributed by atoms with E-state index in [9.17, 15) is 14.4 Å². The van der Waals surface area contributed by atoms with Crippen LogP contribution in [0, 0.1) is 0 Å². The molecule has 1 heterocycles. The molecule has 1 aliphatic rings. The molecule has 1 aliphatic heterocycles. The predicted molar refractivity (Wildman–Crippen MR) is 92.5 cm³/mol. The van der Waals surface area contributed by atoms with Gasteiger partial charge in [0.2, 0.25) is 5.91 Å². The van der Waals surface area contributed by atoms with E-state index in [0.29, 0.717) is 29.2 Å². The number of hydrogen-bond acceptors (Lipinski definition) is 4. The standard InChI is InChI=1S/C18H17N3O4/c1-11(22)19-9-12-2-4-13(5-3-12)18(24)20-14-6-7-16-15(8-14)21-17(23)10-25-16/h2-8H,9-10H2,1H3,(H,19,22)(H,20,24)(H,21,23). The van der Waals surface area contributed by atoms with Crippen molar-refractivity contribution in [3.05, 3.63) is 53.6 Å². The average molecular weight is 339 g/mol. The fraction of sp³-hybridized carbons (Fsp3) is 0.167. The number of hydrogen-bond donors (Lipinski definition) is 3. The first-order valence-electron chi connectivity index (χ1n) is 7.73. The van der Waals surface area contributed by atoms with E-state index in [1.807, 2.05) is 0 Å². The van der Waals surface area contributed by atoms with Crippen molar-refractivity contribution in [1.29, 1.82) is 0 Å². The molecular formula is C18H17N3O4. The minimum Gasteiger partial charge on any atom is -0.482 e. The molecule has 2 aromatic carbocycles. The minimum absolute atomic E-state index is 0.0104. The lowest BCUT2D eigenvalue weighted by Gasteiger charge is -2.18. The van der Waals surface area contributed by atoms with E-state index in [1.165, 1.54) is 6.92 Å². The average Bonchev–Trinajstić information content (AvgIpc) is 2.60. The lowest BCUT2D eigenvalue weighted by atomic mass is 10.1. The molecule has 0 saturated carbocycles. The highest BCUT2D eigenvalue weighted by Gasteiger charge is 2.16. The summed E-state index contributed by atoms with van der Waals surface area (Å²) in [6.45, 7) is 1.86. The van der Waals surface area contributed by atoms with Gasteiger partial charge in [-0.15, -0.1) is 0 Å². The molecule has 3 N–H and O–H groups in total. The number of fused-ring (bicyclic) bond motifs is 1. The Kier molecular flexibility index (Phi) is 4.65. The van der Waals surface area contributed by atoms with Gasteiger partial charge in [-0.3, -0.25) is 14.4 Å². The maximum absolute atomic E-state index is 12.3. The van der Waals surface area contributed by atoms with Gasteiger partial charge >= 0.3 is 0 Å². The van der Waals surface area contributed by atoms with Gasteiger partial charge in [-0.05, 0) is 35.9 Å². The Bertz CT molecular complexity index is 831. The Morgan fingerprint density at radius 3 is 2.64 bits per heavy atom. The van der Waals surface area contributed by atoms with Crippen LogP contribution in [0.15, 0.2) is 42.5 Å². The van der Waals surface area contributed by atoms with Crippen molar-refractivity contribution in [3.8, 4) is 5.75 Å². The molecule has 2 aromatic rings. The summed E-state index contributed by atoms with van der Waals surface area (Å²) in [7, 11) is 0. The fourth-order valence-electron chi connectivity index (χ4n) is 2.36. The molecule has 0 bridgehead atoms. The number of anilines is 2. The third kappa shape index (κ3) is 4.14. The van der Waals surface area contributed by atoms with Crippen LogP contribution in [0.1, 0.15) is 22.8 Å². The van der Waals surface area contributed by atoms with Crippen LogP contribution in [0.3, 0.4) is 0 Å². The van der Waals surface area contributed by atoms with Crippen molar-refractivity contribution in [3.63, 3.8) is 0 Å². The maximum Gasteiger partial charge on any atom is 0.262 e. The van der Waals surface area contributed by atoms with Crippen molar-refractivity contribution < 1.29 is 19.1 Å². The number of nitrogens with one attached hydrogen (secondary N) is 3. The van der Waals surface area contributed by atoms with E-state index in [2.05, 4.69) is 16.0 Å². The fourth-order valence-corrected chi connectivity index (χ4v) is 2.36. The molecule has 0 unspecified atom stereocenters. The molecule has 0 radical (unpaired) electrons. The number of carbonyl (C=O) groups is 3. The highest BCUT2D eigenvalue weighted by atomic mass is 16.5. The van der Waals surface area contributed by atoms with Crippen molar-refractivity contribution in [2.45, 2.75) is 13.5 Å². The summed E-state index contributed by atoms with van der Waals surface area (Å²) in [6.07, 6.45) is 0. The van der Waals surface area contributed by atoms with Crippen LogP contribution in [0.25, 0.3) is 0 Å². The zero-order valence-corrected chi connectivity index (χ0v) is 13.6. The summed E-state index contributed by atoms with van der Waals surface area (Å²) in [6, 6.07) is 12.0. The molecular weight excluding hydrogens is 322 g/mol. The van der Waals surface area contributed by atoms with Gasteiger partial charge in [0, 0.05) is 24.7 Å². The van der Waals surface area contributed by atoms with Gasteiger partial charge in [0.15, 0.2) is 6.61 Å². The van der Waals surface area contributed by atoms with Crippen LogP contribution in [0.2, 0.25) is 0 Å². The predicted octanol–water partition coefficient (Wildman–Crippen LogP) is 1.91. The van der Waals surface area contributed by atoms with Crippen LogP contribution < -0.4 is 20.7 Å². The Morgan fingerprint density at radius 2 is 1.92 bits per heavy atom. The van der Waals surface area contributed by atoms with Crippen LogP contribution in [-0.2, 0) is 16.1 Å². The molecule has 7 nitrogen and oxygen atoms in total. The normalized spacial score (nSPS) is 12.4. The van der Waals surface area contributed by atoms with Crippen molar-refractivity contribution in [2.75, 3.05) is 17.2 Å². The molecule has 3 amide bonds. The number of carbonyl (C=O) groups excluding carboxylic acids is 3. The van der Waals surface area contributed by atoms with Crippen LogP contribution >= 0.6 is 0 Å². The SMILES string of the molecule is CC(=O)NCc1ccc(C(=O)Nc2ccc3c(c2)NC(=O)CO3)cc1. The van der Waals surface area contributed by atoms with E-state index in [4.69, 9.17) is 4.74 Å². The third-order valence-electron chi connectivity index (χ3n) is 3.63. The molecule has 0 atom stereocenters. The van der Waals surface area contributed by atoms with Gasteiger partial charge < -0.3 is 20.7 Å². The molecule has 0 spiro atoms. The molecule has 0 aliphatic carbocycles. The largest absolute Gasteiger partial charge is 0.482 e. The zero-order chi connectivity index (χ0) is 17.8. The van der Waals surface area contributed by atoms with Crippen LogP contribution in [-0.4, -0.2) is 24.3 Å². The highest BCUT2D eigenvalue weighted by Crippen LogP contribution is 2.30. The lowest BCUT2D eigenvalue weighted by Crippen LogP contribution is -2.25. The van der Waals surface area contributed by atoms with E-state index in [0.717, 1.165) is 5.56 Å². The first kappa shape index (κ1) is 16.5. The summed E-state index contributed by atoms with van der Waals surface area (Å²) in [5.41, 5.74) is 2.47. The maximum atomic E-state index is 12.3. The van der Waals surface area contributed by atoms with E-state index in [-0.39, 0.29) is 24.3 Å². The third-order valence-corrected chi connectivity index (χ3v) is 3.63. The summed E-state index contributed by atoms with van der Waals surface area (Å²) < 4.78 is 5.28. The zero-order valence-electron chi connectivity index (χ0n) is 13.6. The van der Waals surface area contributed by atoms with Gasteiger partial charge in [0.25, 0.3) is 11.8 Å². The monoisotopic (exact) mass is 339 g/mol. The molecule has 0 fully saturated rings. The number of rotatable bonds is 4. The Hall–Kier alpha value is -3.35. The van der Waals surface area contributed by atoms with Crippen molar-refractivity contribution in [2.24, 2.45) is 0 Å². The molecule has 7 heteroatoms. The summed E-state index contributed by atoms with van der Waals surface area (Å²) in [5.74, 6) is -0.0370. The second-order valence-corrected chi connectivity index (χ2v) is 5.61. The molecule has 25 heavy (non-hydrogen) atoms. The molecule has 0 aromatic heterocycles. The number of amides is 3. The molecule has 3 rings (SSSR count). The van der Waals surface area contributed by atoms with Crippen LogP contribution in [0.4, 0.5) is 11.4 Å². The number of benzene rings is 2. The first-order valence-corrected chi connectivity index (χ1v) is 7.73. The second-order valence-electron chi connectivity index (χ2n) is 5.61. The van der Waals surface area contributed by atoms with Gasteiger partial charge in [0.05, 0.1) is 5.69 Å². The van der Waals surface area contributed by atoms with Crippen molar-refractivity contribution in [1.82, 2.24) is 5.32 Å². The highest BCUT2D eigenvalue weighted by molar-refractivity contribution is 6.05. The smallest absolute Gasteiger partial charge is 0.262 e. The molecule has 128 valence electrons. The Balaban J connectivity index is 1.67. The van der Waals surface area contributed by atoms with E-state index in [1.54, 1.807) is 42.5 Å². The van der Waals surface area contributed by atoms with Crippen LogP contribution in [0.5, 0.6) is 5.75 Å². The van der Waals surface area contributed by atoms with Gasteiger partial charge in [-0.25, -0.2) is 0 Å². The van der Waals surface area contributed by atoms with E-state index >= 15 is 0 Å². The lowest BCUT2D eigenvalue weighted by molar-refractivity contribution is -0.119. The topological polar surface area (TPSA) is 96.5 Å². The van der Waals surface area contributed by atoms with Crippen molar-refractivity contribution >= 4 is 29.1 Å². The minimum atomic E-state index is -0.269. The summed E-state index contributed by atoms with van der Waals surface area (Å²) in [5, 5.41) is 8.17. The van der Waals surface area contributed by atoms with E-state index < -0.39 is 0 Å². The Morgan fingerprint density at radius 1 is 1.16 bits per heavy atom. The summed E-state index contributed by atoms with van der Waals surface area (Å²) in [4.78, 5) is 34.6. The van der Waals surface area contributed by atoms with Gasteiger partial charge in [-0.1, -0.05) is 12.1 Å². The molecule has 0 saturated heterocycles. The number of ether oxygens (including phenoxy) is 1. The van der Waals surface area contributed by atoms with Gasteiger partial charge in [0.1, 0.15) is 5.75 Å². The van der Waals surface area contributed by atoms with Gasteiger partial charge in [-0.2, -0.15) is 0 Å². The quantitative estimate of drug-likeness (QED) is 0.793. The first-order chi connectivity index (χ1) is 12.0.